The molecule has 31 heavy (non-hydrogen) atoms. The summed E-state index contributed by atoms with van der Waals surface area (Å²) in [6.07, 6.45) is 4.54. The summed E-state index contributed by atoms with van der Waals surface area (Å²) in [5.74, 6) is -1.05. The van der Waals surface area contributed by atoms with Gasteiger partial charge in [0.2, 0.25) is 10.0 Å². The van der Waals surface area contributed by atoms with E-state index in [9.17, 15) is 18.0 Å². The maximum Gasteiger partial charge on any atom is 0.341 e. The van der Waals surface area contributed by atoms with Crippen LogP contribution >= 0.6 is 0 Å². The van der Waals surface area contributed by atoms with Crippen LogP contribution in [0.25, 0.3) is 0 Å². The Bertz CT molecular complexity index is 890. The first-order valence-electron chi connectivity index (χ1n) is 11.2. The van der Waals surface area contributed by atoms with Crippen LogP contribution in [0.4, 0.5) is 5.69 Å². The molecule has 0 aromatic heterocycles. The molecule has 9 heteroatoms. The predicted molar refractivity (Wildman–Crippen MR) is 119 cm³/mol. The molecule has 1 N–H and O–H groups in total. The molecule has 2 aliphatic rings. The number of benzene rings is 1. The van der Waals surface area contributed by atoms with E-state index in [4.69, 9.17) is 4.74 Å². The van der Waals surface area contributed by atoms with Gasteiger partial charge in [0.25, 0.3) is 5.91 Å². The van der Waals surface area contributed by atoms with E-state index in [2.05, 4.69) is 10.2 Å². The molecule has 1 aromatic rings. The topological polar surface area (TPSA) is 96.0 Å². The van der Waals surface area contributed by atoms with E-state index in [-0.39, 0.29) is 16.4 Å². The number of ether oxygens (including phenoxy) is 1. The lowest BCUT2D eigenvalue weighted by molar-refractivity contribution is -0.129. The van der Waals surface area contributed by atoms with Crippen molar-refractivity contribution < 1.29 is 22.7 Å². The average molecular weight is 452 g/mol. The van der Waals surface area contributed by atoms with E-state index < -0.39 is 22.1 Å². The van der Waals surface area contributed by atoms with Crippen LogP contribution in [0.3, 0.4) is 0 Å². The number of nitrogens with one attached hydrogen (secondary N) is 1. The summed E-state index contributed by atoms with van der Waals surface area (Å²) in [7, 11) is -3.69. The molecule has 2 aliphatic heterocycles. The summed E-state index contributed by atoms with van der Waals surface area (Å²) in [6, 6.07) is 4.68. The van der Waals surface area contributed by atoms with Crippen LogP contribution in [0.1, 0.15) is 62.7 Å². The van der Waals surface area contributed by atoms with Gasteiger partial charge in [-0.3, -0.25) is 4.79 Å². The molecule has 0 bridgehead atoms. The second kappa shape index (κ2) is 10.5. The van der Waals surface area contributed by atoms with Crippen LogP contribution in [0.5, 0.6) is 0 Å². The fourth-order valence-corrected chi connectivity index (χ4v) is 5.54. The first-order valence-corrected chi connectivity index (χ1v) is 12.7. The van der Waals surface area contributed by atoms with Gasteiger partial charge in [0.1, 0.15) is 0 Å². The Morgan fingerprint density at radius 2 is 1.71 bits per heavy atom. The van der Waals surface area contributed by atoms with Gasteiger partial charge in [0.15, 0.2) is 6.10 Å². The molecule has 0 saturated carbocycles. The minimum absolute atomic E-state index is 0.0902. The van der Waals surface area contributed by atoms with E-state index >= 15 is 0 Å². The van der Waals surface area contributed by atoms with Gasteiger partial charge in [-0.2, -0.15) is 4.31 Å². The van der Waals surface area contributed by atoms with Gasteiger partial charge in [-0.1, -0.05) is 13.3 Å². The van der Waals surface area contributed by atoms with Crippen molar-refractivity contribution in [2.45, 2.75) is 63.4 Å². The van der Waals surface area contributed by atoms with E-state index in [0.29, 0.717) is 25.3 Å². The zero-order valence-corrected chi connectivity index (χ0v) is 19.2. The molecule has 1 amide bonds. The Morgan fingerprint density at radius 1 is 1.06 bits per heavy atom. The monoisotopic (exact) mass is 451 g/mol. The number of nitrogens with zero attached hydrogens (tertiary/aromatic N) is 2. The van der Waals surface area contributed by atoms with Crippen molar-refractivity contribution in [1.82, 2.24) is 9.62 Å². The number of piperidine rings is 1. The maximum atomic E-state index is 13.1. The highest BCUT2D eigenvalue weighted by Crippen LogP contribution is 2.30. The third kappa shape index (κ3) is 5.57. The van der Waals surface area contributed by atoms with Crippen molar-refractivity contribution in [3.63, 3.8) is 0 Å². The number of esters is 1. The van der Waals surface area contributed by atoms with Crippen LogP contribution in [0.15, 0.2) is 23.1 Å². The molecule has 0 aliphatic carbocycles. The highest BCUT2D eigenvalue weighted by atomic mass is 32.2. The number of hydrogen-bond donors (Lipinski definition) is 1. The van der Waals surface area contributed by atoms with Crippen LogP contribution in [0, 0.1) is 0 Å². The van der Waals surface area contributed by atoms with Crippen molar-refractivity contribution in [2.75, 3.05) is 37.6 Å². The van der Waals surface area contributed by atoms with Crippen molar-refractivity contribution in [3.8, 4) is 0 Å². The lowest BCUT2D eigenvalue weighted by atomic mass is 10.1. The number of rotatable bonds is 8. The minimum Gasteiger partial charge on any atom is -0.449 e. The molecule has 0 spiro atoms. The van der Waals surface area contributed by atoms with E-state index in [0.717, 1.165) is 51.6 Å². The Labute approximate surface area is 185 Å². The average Bonchev–Trinajstić information content (AvgIpc) is 3.32. The number of carbonyl (C=O) groups excluding carboxylic acids is 2. The first kappa shape index (κ1) is 23.5. The van der Waals surface area contributed by atoms with E-state index in [1.807, 2.05) is 6.92 Å². The molecule has 172 valence electrons. The fraction of sp³-hybridized carbons (Fsp3) is 0.636. The molecule has 2 saturated heterocycles. The fourth-order valence-electron chi connectivity index (χ4n) is 4.00. The van der Waals surface area contributed by atoms with Gasteiger partial charge in [-0.25, -0.2) is 13.2 Å². The normalized spacial score (nSPS) is 18.6. The Hall–Kier alpha value is -2.13. The minimum atomic E-state index is -3.69. The number of anilines is 1. The van der Waals surface area contributed by atoms with Gasteiger partial charge in [-0.05, 0) is 57.2 Å². The van der Waals surface area contributed by atoms with Gasteiger partial charge in [-0.15, -0.1) is 0 Å². The second-order valence-electron chi connectivity index (χ2n) is 8.18. The van der Waals surface area contributed by atoms with Crippen molar-refractivity contribution in [1.29, 1.82) is 0 Å². The molecule has 1 atom stereocenters. The van der Waals surface area contributed by atoms with E-state index in [1.54, 1.807) is 12.1 Å². The summed E-state index contributed by atoms with van der Waals surface area (Å²) < 4.78 is 33.2. The highest BCUT2D eigenvalue weighted by Gasteiger charge is 2.30. The Balaban J connectivity index is 1.89. The lowest BCUT2D eigenvalue weighted by Gasteiger charge is -2.27. The quantitative estimate of drug-likeness (QED) is 0.610. The van der Waals surface area contributed by atoms with Crippen LogP contribution in [-0.2, 0) is 19.6 Å². The molecule has 3 rings (SSSR count). The second-order valence-corrected chi connectivity index (χ2v) is 10.1. The first-order chi connectivity index (χ1) is 14.8. The number of sulfonamides is 1. The number of hydrogen-bond acceptors (Lipinski definition) is 6. The molecule has 2 fully saturated rings. The van der Waals surface area contributed by atoms with Gasteiger partial charge in [0.05, 0.1) is 16.1 Å². The SMILES string of the molecule is CCCNC(=O)C(C)OC(=O)c1cc(S(=O)(=O)N2CCCCC2)ccc1N1CCCC1. The lowest BCUT2D eigenvalue weighted by Crippen LogP contribution is -2.37. The summed E-state index contributed by atoms with van der Waals surface area (Å²) in [6.45, 7) is 6.54. The maximum absolute atomic E-state index is 13.1. The van der Waals surface area contributed by atoms with Gasteiger partial charge in [0, 0.05) is 32.7 Å². The van der Waals surface area contributed by atoms with Crippen molar-refractivity contribution in [3.05, 3.63) is 23.8 Å². The van der Waals surface area contributed by atoms with Gasteiger partial charge >= 0.3 is 5.97 Å². The molecule has 1 unspecified atom stereocenters. The third-order valence-electron chi connectivity index (χ3n) is 5.79. The molecule has 8 nitrogen and oxygen atoms in total. The summed E-state index contributed by atoms with van der Waals surface area (Å²) in [4.78, 5) is 27.3. The standard InChI is InChI=1S/C22H33N3O5S/c1-3-11-23-21(26)17(2)30-22(27)19-16-18(9-10-20(19)24-12-7-8-13-24)31(28,29)25-14-5-4-6-15-25/h9-10,16-17H,3-8,11-15H2,1-2H3,(H,23,26). The zero-order valence-electron chi connectivity index (χ0n) is 18.4. The van der Waals surface area contributed by atoms with Crippen LogP contribution < -0.4 is 10.2 Å². The van der Waals surface area contributed by atoms with Crippen molar-refractivity contribution in [2.24, 2.45) is 0 Å². The molecule has 1 aromatic carbocycles. The molecular formula is C22H33N3O5S. The Kier molecular flexibility index (Phi) is 7.94. The van der Waals surface area contributed by atoms with E-state index in [1.165, 1.54) is 17.3 Å². The van der Waals surface area contributed by atoms with Crippen LogP contribution in [0.2, 0.25) is 0 Å². The Morgan fingerprint density at radius 3 is 2.35 bits per heavy atom. The summed E-state index contributed by atoms with van der Waals surface area (Å²) >= 11 is 0. The van der Waals surface area contributed by atoms with Crippen LogP contribution in [-0.4, -0.2) is 63.4 Å². The molecular weight excluding hydrogens is 418 g/mol. The zero-order chi connectivity index (χ0) is 22.4. The third-order valence-corrected chi connectivity index (χ3v) is 7.68. The largest absolute Gasteiger partial charge is 0.449 e. The number of carbonyl (C=O) groups is 2. The molecule has 0 radical (unpaired) electrons. The summed E-state index contributed by atoms with van der Waals surface area (Å²) in [5.41, 5.74) is 0.844. The summed E-state index contributed by atoms with van der Waals surface area (Å²) in [5, 5.41) is 2.71. The smallest absolute Gasteiger partial charge is 0.341 e. The van der Waals surface area contributed by atoms with Gasteiger partial charge < -0.3 is 15.0 Å². The highest BCUT2D eigenvalue weighted by molar-refractivity contribution is 7.89. The molecule has 2 heterocycles. The number of amides is 1. The van der Waals surface area contributed by atoms with Crippen molar-refractivity contribution >= 4 is 27.6 Å². The predicted octanol–water partition coefficient (Wildman–Crippen LogP) is 2.53.